The molecule has 2 N–H and O–H groups in total. The SMILES string of the molecule is CC(=O)Nc1cccc2c1ccn2CC(=O)Nc1ccccc1Cl. The summed E-state index contributed by atoms with van der Waals surface area (Å²) in [6, 6.07) is 14.6. The van der Waals surface area contributed by atoms with Crippen molar-refractivity contribution >= 4 is 45.7 Å². The minimum Gasteiger partial charge on any atom is -0.338 e. The molecule has 6 heteroatoms. The zero-order valence-corrected chi connectivity index (χ0v) is 13.8. The van der Waals surface area contributed by atoms with Crippen molar-refractivity contribution in [3.63, 3.8) is 0 Å². The summed E-state index contributed by atoms with van der Waals surface area (Å²) >= 11 is 6.05. The van der Waals surface area contributed by atoms with E-state index in [1.54, 1.807) is 18.2 Å². The van der Waals surface area contributed by atoms with Gasteiger partial charge in [-0.3, -0.25) is 9.59 Å². The quantitative estimate of drug-likeness (QED) is 0.756. The third-order valence-electron chi connectivity index (χ3n) is 3.59. The zero-order chi connectivity index (χ0) is 17.1. The van der Waals surface area contributed by atoms with Gasteiger partial charge < -0.3 is 15.2 Å². The van der Waals surface area contributed by atoms with Crippen molar-refractivity contribution < 1.29 is 9.59 Å². The van der Waals surface area contributed by atoms with Crippen LogP contribution in [0.4, 0.5) is 11.4 Å². The number of carbonyl (C=O) groups excluding carboxylic acids is 2. The Morgan fingerprint density at radius 1 is 1.00 bits per heavy atom. The number of aromatic nitrogens is 1. The lowest BCUT2D eigenvalue weighted by atomic mass is 10.2. The number of hydrogen-bond acceptors (Lipinski definition) is 2. The summed E-state index contributed by atoms with van der Waals surface area (Å²) in [5.41, 5.74) is 2.18. The summed E-state index contributed by atoms with van der Waals surface area (Å²) in [4.78, 5) is 23.6. The molecular weight excluding hydrogens is 326 g/mol. The molecule has 0 bridgehead atoms. The van der Waals surface area contributed by atoms with Crippen LogP contribution in [0, 0.1) is 0 Å². The van der Waals surface area contributed by atoms with E-state index in [1.807, 2.05) is 41.1 Å². The van der Waals surface area contributed by atoms with Gasteiger partial charge in [0.15, 0.2) is 0 Å². The molecule has 0 aliphatic heterocycles. The van der Waals surface area contributed by atoms with Crippen molar-refractivity contribution in [2.75, 3.05) is 10.6 Å². The Bertz CT molecular complexity index is 918. The Morgan fingerprint density at radius 3 is 2.50 bits per heavy atom. The van der Waals surface area contributed by atoms with Crippen LogP contribution in [0.5, 0.6) is 0 Å². The minimum absolute atomic E-state index is 0.133. The number of nitrogens with one attached hydrogen (secondary N) is 2. The Kier molecular flexibility index (Phi) is 4.53. The van der Waals surface area contributed by atoms with Crippen LogP contribution in [0.2, 0.25) is 5.02 Å². The molecule has 5 nitrogen and oxygen atoms in total. The van der Waals surface area contributed by atoms with Crippen LogP contribution in [-0.4, -0.2) is 16.4 Å². The van der Waals surface area contributed by atoms with Crippen LogP contribution in [-0.2, 0) is 16.1 Å². The predicted octanol–water partition coefficient (Wildman–Crippen LogP) is 3.89. The van der Waals surface area contributed by atoms with Gasteiger partial charge in [0.05, 0.1) is 21.9 Å². The Labute approximate surface area is 144 Å². The highest BCUT2D eigenvalue weighted by Gasteiger charge is 2.10. The average molecular weight is 342 g/mol. The van der Waals surface area contributed by atoms with Crippen molar-refractivity contribution in [1.29, 1.82) is 0 Å². The van der Waals surface area contributed by atoms with E-state index in [-0.39, 0.29) is 18.4 Å². The van der Waals surface area contributed by atoms with E-state index < -0.39 is 0 Å². The van der Waals surface area contributed by atoms with Gasteiger partial charge in [-0.15, -0.1) is 0 Å². The first-order chi connectivity index (χ1) is 11.5. The lowest BCUT2D eigenvalue weighted by Gasteiger charge is -2.09. The van der Waals surface area contributed by atoms with E-state index in [9.17, 15) is 9.59 Å². The fraction of sp³-hybridized carbons (Fsp3) is 0.111. The summed E-state index contributed by atoms with van der Waals surface area (Å²) < 4.78 is 1.83. The van der Waals surface area contributed by atoms with Gasteiger partial charge in [0, 0.05) is 18.5 Å². The van der Waals surface area contributed by atoms with Gasteiger partial charge in [-0.05, 0) is 30.3 Å². The maximum atomic E-state index is 12.3. The highest BCUT2D eigenvalue weighted by molar-refractivity contribution is 6.33. The predicted molar refractivity (Wildman–Crippen MR) is 96.3 cm³/mol. The van der Waals surface area contributed by atoms with Gasteiger partial charge >= 0.3 is 0 Å². The van der Waals surface area contributed by atoms with Gasteiger partial charge in [0.1, 0.15) is 6.54 Å². The first kappa shape index (κ1) is 16.1. The topological polar surface area (TPSA) is 63.1 Å². The van der Waals surface area contributed by atoms with E-state index in [0.29, 0.717) is 10.7 Å². The molecule has 3 rings (SSSR count). The molecule has 0 radical (unpaired) electrons. The number of anilines is 2. The molecule has 0 spiro atoms. The summed E-state index contributed by atoms with van der Waals surface area (Å²) in [6.07, 6.45) is 1.82. The molecule has 0 atom stereocenters. The standard InChI is InChI=1S/C18H16ClN3O2/c1-12(23)20-15-7-4-8-17-13(15)9-10-22(17)11-18(24)21-16-6-3-2-5-14(16)19/h2-10H,11H2,1H3,(H,20,23)(H,21,24). The van der Waals surface area contributed by atoms with Crippen LogP contribution in [0.15, 0.2) is 54.7 Å². The molecule has 122 valence electrons. The number of hydrogen-bond donors (Lipinski definition) is 2. The van der Waals surface area contributed by atoms with E-state index in [2.05, 4.69) is 10.6 Å². The third-order valence-corrected chi connectivity index (χ3v) is 3.92. The number of carbonyl (C=O) groups is 2. The van der Waals surface area contributed by atoms with Crippen LogP contribution < -0.4 is 10.6 Å². The maximum Gasteiger partial charge on any atom is 0.244 e. The number of rotatable bonds is 4. The molecule has 0 saturated heterocycles. The molecule has 0 unspecified atom stereocenters. The van der Waals surface area contributed by atoms with Gasteiger partial charge in [-0.2, -0.15) is 0 Å². The highest BCUT2D eigenvalue weighted by Crippen LogP contribution is 2.25. The van der Waals surface area contributed by atoms with Crippen molar-refractivity contribution in [1.82, 2.24) is 4.57 Å². The van der Waals surface area contributed by atoms with Gasteiger partial charge in [-0.25, -0.2) is 0 Å². The van der Waals surface area contributed by atoms with Crippen LogP contribution in [0.1, 0.15) is 6.92 Å². The number of benzene rings is 2. The summed E-state index contributed by atoms with van der Waals surface area (Å²) in [5.74, 6) is -0.308. The van der Waals surface area contributed by atoms with Crippen molar-refractivity contribution in [2.24, 2.45) is 0 Å². The molecular formula is C18H16ClN3O2. The molecule has 24 heavy (non-hydrogen) atoms. The van der Waals surface area contributed by atoms with E-state index in [4.69, 9.17) is 11.6 Å². The van der Waals surface area contributed by atoms with Crippen molar-refractivity contribution in [3.05, 3.63) is 59.8 Å². The average Bonchev–Trinajstić information content (AvgIpc) is 2.93. The molecule has 1 heterocycles. The van der Waals surface area contributed by atoms with Crippen LogP contribution >= 0.6 is 11.6 Å². The summed E-state index contributed by atoms with van der Waals surface area (Å²) in [5, 5.41) is 6.97. The maximum absolute atomic E-state index is 12.3. The molecule has 0 saturated carbocycles. The fourth-order valence-corrected chi connectivity index (χ4v) is 2.75. The summed E-state index contributed by atoms with van der Waals surface area (Å²) in [7, 11) is 0. The smallest absolute Gasteiger partial charge is 0.244 e. The Morgan fingerprint density at radius 2 is 1.75 bits per heavy atom. The van der Waals surface area contributed by atoms with Gasteiger partial charge in [-0.1, -0.05) is 29.8 Å². The normalized spacial score (nSPS) is 10.6. The second-order valence-corrected chi connectivity index (χ2v) is 5.80. The minimum atomic E-state index is -0.175. The molecule has 2 aromatic carbocycles. The van der Waals surface area contributed by atoms with E-state index in [0.717, 1.165) is 16.6 Å². The van der Waals surface area contributed by atoms with Gasteiger partial charge in [0.2, 0.25) is 11.8 Å². The Hall–Kier alpha value is -2.79. The number of fused-ring (bicyclic) bond motifs is 1. The largest absolute Gasteiger partial charge is 0.338 e. The number of amides is 2. The second kappa shape index (κ2) is 6.76. The van der Waals surface area contributed by atoms with Gasteiger partial charge in [0.25, 0.3) is 0 Å². The molecule has 1 aromatic heterocycles. The lowest BCUT2D eigenvalue weighted by molar-refractivity contribution is -0.116. The fourth-order valence-electron chi connectivity index (χ4n) is 2.57. The van der Waals surface area contributed by atoms with E-state index >= 15 is 0 Å². The molecule has 0 fully saturated rings. The first-order valence-electron chi connectivity index (χ1n) is 7.44. The number of para-hydroxylation sites is 1. The molecule has 3 aromatic rings. The number of halogens is 1. The van der Waals surface area contributed by atoms with E-state index in [1.165, 1.54) is 6.92 Å². The monoisotopic (exact) mass is 341 g/mol. The third kappa shape index (κ3) is 3.41. The molecule has 2 amide bonds. The lowest BCUT2D eigenvalue weighted by Crippen LogP contribution is -2.18. The summed E-state index contributed by atoms with van der Waals surface area (Å²) in [6.45, 7) is 1.62. The highest BCUT2D eigenvalue weighted by atomic mass is 35.5. The van der Waals surface area contributed by atoms with Crippen molar-refractivity contribution in [3.8, 4) is 0 Å². The van der Waals surface area contributed by atoms with Crippen LogP contribution in [0.25, 0.3) is 10.9 Å². The zero-order valence-electron chi connectivity index (χ0n) is 13.0. The molecule has 0 aliphatic rings. The van der Waals surface area contributed by atoms with Crippen LogP contribution in [0.3, 0.4) is 0 Å². The van der Waals surface area contributed by atoms with Crippen molar-refractivity contribution in [2.45, 2.75) is 13.5 Å². The number of nitrogens with zero attached hydrogens (tertiary/aromatic N) is 1. The molecule has 0 aliphatic carbocycles. The Balaban J connectivity index is 1.82. The first-order valence-corrected chi connectivity index (χ1v) is 7.82. The second-order valence-electron chi connectivity index (χ2n) is 5.39.